The van der Waals surface area contributed by atoms with E-state index < -0.39 is 0 Å². The van der Waals surface area contributed by atoms with Crippen LogP contribution in [0.3, 0.4) is 0 Å². The summed E-state index contributed by atoms with van der Waals surface area (Å²) in [5.41, 5.74) is 5.75. The second-order valence-electron chi connectivity index (χ2n) is 3.00. The largest absolute Gasteiger partial charge is 0.383 e. The lowest BCUT2D eigenvalue weighted by molar-refractivity contribution is 0.166. The maximum absolute atomic E-state index is 5.75. The molecule has 1 atom stereocenters. The van der Waals surface area contributed by atoms with Crippen LogP contribution in [0.4, 0.5) is 0 Å². The van der Waals surface area contributed by atoms with Crippen LogP contribution in [0.25, 0.3) is 10.7 Å². The molecule has 0 amide bonds. The summed E-state index contributed by atoms with van der Waals surface area (Å²) in [5.74, 6) is 0.979. The molecule has 0 aliphatic rings. The van der Waals surface area contributed by atoms with Crippen molar-refractivity contribution in [2.75, 3.05) is 13.7 Å². The van der Waals surface area contributed by atoms with Crippen LogP contribution in [-0.4, -0.2) is 23.9 Å². The first-order chi connectivity index (χ1) is 7.31. The van der Waals surface area contributed by atoms with E-state index in [0.29, 0.717) is 18.3 Å². The minimum atomic E-state index is -0.365. The number of hydrogen-bond acceptors (Lipinski definition) is 6. The van der Waals surface area contributed by atoms with E-state index in [2.05, 4.69) is 10.1 Å². The van der Waals surface area contributed by atoms with E-state index in [1.54, 1.807) is 18.4 Å². The summed E-state index contributed by atoms with van der Waals surface area (Å²) < 4.78 is 9.95. The van der Waals surface area contributed by atoms with Crippen LogP contribution in [0.2, 0.25) is 0 Å². The highest BCUT2D eigenvalue weighted by molar-refractivity contribution is 7.13. The number of ether oxygens (including phenoxy) is 1. The van der Waals surface area contributed by atoms with Gasteiger partial charge in [-0.05, 0) is 11.4 Å². The van der Waals surface area contributed by atoms with Gasteiger partial charge >= 0.3 is 0 Å². The van der Waals surface area contributed by atoms with E-state index in [1.807, 2.05) is 17.5 Å². The molecule has 6 heteroatoms. The second-order valence-corrected chi connectivity index (χ2v) is 3.94. The average Bonchev–Trinajstić information content (AvgIpc) is 2.89. The first-order valence-corrected chi connectivity index (χ1v) is 5.31. The van der Waals surface area contributed by atoms with Crippen molar-refractivity contribution in [2.45, 2.75) is 6.04 Å². The molecule has 0 bridgehead atoms. The number of methoxy groups -OCH3 is 1. The lowest BCUT2D eigenvalue weighted by Gasteiger charge is -2.02. The van der Waals surface area contributed by atoms with E-state index in [1.165, 1.54) is 0 Å². The van der Waals surface area contributed by atoms with Gasteiger partial charge in [0, 0.05) is 7.11 Å². The normalized spacial score (nSPS) is 12.9. The molecule has 2 aromatic rings. The number of thiophene rings is 1. The van der Waals surface area contributed by atoms with Gasteiger partial charge in [-0.1, -0.05) is 11.2 Å². The van der Waals surface area contributed by atoms with Gasteiger partial charge in [0.25, 0.3) is 0 Å². The predicted molar refractivity (Wildman–Crippen MR) is 56.4 cm³/mol. The highest BCUT2D eigenvalue weighted by atomic mass is 32.1. The van der Waals surface area contributed by atoms with Crippen molar-refractivity contribution in [2.24, 2.45) is 5.73 Å². The van der Waals surface area contributed by atoms with Crippen LogP contribution in [0.15, 0.2) is 22.0 Å². The highest BCUT2D eigenvalue weighted by Crippen LogP contribution is 2.22. The zero-order valence-electron chi connectivity index (χ0n) is 8.21. The van der Waals surface area contributed by atoms with Gasteiger partial charge in [-0.2, -0.15) is 4.98 Å². The van der Waals surface area contributed by atoms with Crippen molar-refractivity contribution in [3.8, 4) is 10.7 Å². The minimum Gasteiger partial charge on any atom is -0.383 e. The first-order valence-electron chi connectivity index (χ1n) is 4.43. The molecule has 0 radical (unpaired) electrons. The molecule has 0 aliphatic carbocycles. The molecular formula is C9H11N3O2S. The van der Waals surface area contributed by atoms with Crippen LogP contribution in [-0.2, 0) is 4.74 Å². The average molecular weight is 225 g/mol. The number of nitrogens with zero attached hydrogens (tertiary/aromatic N) is 2. The quantitative estimate of drug-likeness (QED) is 0.852. The lowest BCUT2D eigenvalue weighted by Crippen LogP contribution is -2.16. The lowest BCUT2D eigenvalue weighted by atomic mass is 10.3. The maximum atomic E-state index is 5.75. The zero-order valence-corrected chi connectivity index (χ0v) is 9.03. The molecular weight excluding hydrogens is 214 g/mol. The van der Waals surface area contributed by atoms with Crippen molar-refractivity contribution in [1.29, 1.82) is 0 Å². The molecule has 2 rings (SSSR count). The van der Waals surface area contributed by atoms with Crippen LogP contribution in [0, 0.1) is 0 Å². The smallest absolute Gasteiger partial charge is 0.246 e. The minimum absolute atomic E-state index is 0.365. The van der Waals surface area contributed by atoms with Crippen molar-refractivity contribution in [3.05, 3.63) is 23.4 Å². The number of aromatic nitrogens is 2. The standard InChI is InChI=1S/C9H11N3O2S/c1-13-5-6(10)9-11-8(12-14-9)7-3-2-4-15-7/h2-4,6H,5,10H2,1H3. The molecule has 0 aliphatic heterocycles. The second kappa shape index (κ2) is 4.52. The van der Waals surface area contributed by atoms with Crippen LogP contribution >= 0.6 is 11.3 Å². The molecule has 0 spiro atoms. The fourth-order valence-electron chi connectivity index (χ4n) is 1.14. The Morgan fingerprint density at radius 3 is 3.20 bits per heavy atom. The first kappa shape index (κ1) is 10.3. The topological polar surface area (TPSA) is 74.2 Å². The SMILES string of the molecule is COCC(N)c1nc(-c2cccs2)no1. The van der Waals surface area contributed by atoms with Crippen molar-refractivity contribution >= 4 is 11.3 Å². The van der Waals surface area contributed by atoms with E-state index >= 15 is 0 Å². The van der Waals surface area contributed by atoms with Gasteiger partial charge in [0.15, 0.2) is 0 Å². The van der Waals surface area contributed by atoms with E-state index in [0.717, 1.165) is 4.88 Å². The summed E-state index contributed by atoms with van der Waals surface area (Å²) in [5, 5.41) is 5.81. The van der Waals surface area contributed by atoms with Gasteiger partial charge in [0.05, 0.1) is 11.5 Å². The van der Waals surface area contributed by atoms with Gasteiger partial charge < -0.3 is 15.0 Å². The monoisotopic (exact) mass is 225 g/mol. The van der Waals surface area contributed by atoms with Gasteiger partial charge in [0.2, 0.25) is 11.7 Å². The summed E-state index contributed by atoms with van der Waals surface area (Å²) in [6.45, 7) is 0.367. The van der Waals surface area contributed by atoms with Crippen LogP contribution in [0.1, 0.15) is 11.9 Å². The van der Waals surface area contributed by atoms with Crippen molar-refractivity contribution < 1.29 is 9.26 Å². The molecule has 2 heterocycles. The molecule has 15 heavy (non-hydrogen) atoms. The van der Waals surface area contributed by atoms with E-state index in [-0.39, 0.29) is 6.04 Å². The molecule has 0 aromatic carbocycles. The molecule has 1 unspecified atom stereocenters. The Morgan fingerprint density at radius 1 is 1.67 bits per heavy atom. The molecule has 5 nitrogen and oxygen atoms in total. The van der Waals surface area contributed by atoms with Crippen LogP contribution in [0.5, 0.6) is 0 Å². The Hall–Kier alpha value is -1.24. The number of rotatable bonds is 4. The summed E-state index contributed by atoms with van der Waals surface area (Å²) in [6, 6.07) is 3.50. The van der Waals surface area contributed by atoms with Crippen molar-refractivity contribution in [1.82, 2.24) is 10.1 Å². The molecule has 0 fully saturated rings. The van der Waals surface area contributed by atoms with Crippen molar-refractivity contribution in [3.63, 3.8) is 0 Å². The fraction of sp³-hybridized carbons (Fsp3) is 0.333. The zero-order chi connectivity index (χ0) is 10.7. The van der Waals surface area contributed by atoms with Crippen LogP contribution < -0.4 is 5.73 Å². The summed E-state index contributed by atoms with van der Waals surface area (Å²) in [7, 11) is 1.58. The molecule has 0 saturated heterocycles. The Morgan fingerprint density at radius 2 is 2.53 bits per heavy atom. The number of nitrogens with two attached hydrogens (primary N) is 1. The van der Waals surface area contributed by atoms with Gasteiger partial charge in [0.1, 0.15) is 6.04 Å². The van der Waals surface area contributed by atoms with Gasteiger partial charge in [-0.15, -0.1) is 11.3 Å². The fourth-order valence-corrected chi connectivity index (χ4v) is 1.79. The molecule has 2 N–H and O–H groups in total. The number of hydrogen-bond donors (Lipinski definition) is 1. The summed E-state index contributed by atoms with van der Waals surface area (Å²) in [4.78, 5) is 5.17. The van der Waals surface area contributed by atoms with Gasteiger partial charge in [-0.3, -0.25) is 0 Å². The van der Waals surface area contributed by atoms with E-state index in [9.17, 15) is 0 Å². The Balaban J connectivity index is 2.17. The molecule has 0 saturated carbocycles. The maximum Gasteiger partial charge on any atom is 0.246 e. The van der Waals surface area contributed by atoms with Gasteiger partial charge in [-0.25, -0.2) is 0 Å². The Bertz CT molecular complexity index is 413. The van der Waals surface area contributed by atoms with E-state index in [4.69, 9.17) is 15.0 Å². The molecule has 2 aromatic heterocycles. The highest BCUT2D eigenvalue weighted by Gasteiger charge is 2.15. The third kappa shape index (κ3) is 2.23. The molecule has 80 valence electrons. The Labute approximate surface area is 90.9 Å². The summed E-state index contributed by atoms with van der Waals surface area (Å²) in [6.07, 6.45) is 0. The third-order valence-electron chi connectivity index (χ3n) is 1.85. The third-order valence-corrected chi connectivity index (χ3v) is 2.71. The summed E-state index contributed by atoms with van der Waals surface area (Å²) >= 11 is 1.56. The predicted octanol–water partition coefficient (Wildman–Crippen LogP) is 1.44. The Kier molecular flexibility index (Phi) is 3.10.